The number of hydrogen-bond acceptors (Lipinski definition) is 15. The molecule has 0 spiro atoms. The van der Waals surface area contributed by atoms with Crippen molar-refractivity contribution >= 4 is 46.9 Å². The van der Waals surface area contributed by atoms with Gasteiger partial charge in [-0.2, -0.15) is 0 Å². The molecule has 0 N–H and O–H groups in total. The van der Waals surface area contributed by atoms with Crippen LogP contribution in [0.4, 0.5) is 15.4 Å². The zero-order chi connectivity index (χ0) is 38.0. The maximum atomic E-state index is 13.0. The summed E-state index contributed by atoms with van der Waals surface area (Å²) >= 11 is 0.856. The number of carbonyl (C=O) groups excluding carboxylic acids is 4. The lowest BCUT2D eigenvalue weighted by molar-refractivity contribution is -0.757. The summed E-state index contributed by atoms with van der Waals surface area (Å²) < 4.78 is 26.6. The van der Waals surface area contributed by atoms with Crippen molar-refractivity contribution in [3.8, 4) is 17.2 Å². The quantitative estimate of drug-likeness (QED) is 0.0321. The Balaban J connectivity index is 1.16. The van der Waals surface area contributed by atoms with Crippen molar-refractivity contribution in [1.82, 2.24) is 9.88 Å². The van der Waals surface area contributed by atoms with Crippen LogP contribution in [0.2, 0.25) is 0 Å². The first-order chi connectivity index (χ1) is 25.6. The normalized spacial score (nSPS) is 13.8. The SMILES string of the molecule is COc1cc(/C=C/C(=O)OCCCCCCO[N+](=O)[O-])ccc1OC(=O)OCN1C(=O)SC(Cc2ccc(OCCN(C)c3ccccn3)cc2)C1=O. The number of ether oxygens (including phenoxy) is 5. The zero-order valence-electron chi connectivity index (χ0n) is 29.3. The standard InChI is InChI=1S/C36H40N4O12S/c1-38(32-9-5-6-18-37-32)19-22-48-28-14-10-27(11-15-28)24-31-34(42)39(35(43)53-31)25-50-36(44)52-29-16-12-26(23-30(29)47-2)13-17-33(41)49-20-7-3-4-8-21-51-40(45)46/h5-6,9-18,23,31H,3-4,7-8,19-22,24-25H2,1-2H3/b17-13+. The van der Waals surface area contributed by atoms with E-state index < -0.39 is 40.3 Å². The third-order valence-electron chi connectivity index (χ3n) is 7.67. The number of esters is 1. The summed E-state index contributed by atoms with van der Waals surface area (Å²) in [6.07, 6.45) is 6.17. The van der Waals surface area contributed by atoms with Crippen LogP contribution in [0.1, 0.15) is 36.8 Å². The van der Waals surface area contributed by atoms with Crippen LogP contribution in [0.25, 0.3) is 6.08 Å². The number of benzene rings is 2. The van der Waals surface area contributed by atoms with Gasteiger partial charge in [0.2, 0.25) is 5.91 Å². The number of pyridine rings is 1. The number of thioether (sulfide) groups is 1. The largest absolute Gasteiger partial charge is 0.515 e. The molecule has 1 aromatic heterocycles. The van der Waals surface area contributed by atoms with Crippen molar-refractivity contribution < 1.29 is 52.8 Å². The van der Waals surface area contributed by atoms with Crippen LogP contribution in [0.3, 0.4) is 0 Å². The minimum Gasteiger partial charge on any atom is -0.493 e. The molecule has 0 saturated carbocycles. The molecule has 2 amide bonds. The van der Waals surface area contributed by atoms with Gasteiger partial charge in [-0.3, -0.25) is 9.59 Å². The van der Waals surface area contributed by atoms with Crippen molar-refractivity contribution in [3.05, 3.63) is 94.2 Å². The third kappa shape index (κ3) is 13.3. The van der Waals surface area contributed by atoms with Crippen molar-refractivity contribution in [3.63, 3.8) is 0 Å². The van der Waals surface area contributed by atoms with Gasteiger partial charge in [0.1, 0.15) is 18.2 Å². The Morgan fingerprint density at radius 3 is 2.47 bits per heavy atom. The first-order valence-electron chi connectivity index (χ1n) is 16.6. The molecule has 0 radical (unpaired) electrons. The number of rotatable bonds is 21. The molecule has 16 nitrogen and oxygen atoms in total. The van der Waals surface area contributed by atoms with Gasteiger partial charge >= 0.3 is 12.1 Å². The highest BCUT2D eigenvalue weighted by molar-refractivity contribution is 8.15. The number of nitrogens with zero attached hydrogens (tertiary/aromatic N) is 4. The second-order valence-corrected chi connectivity index (χ2v) is 12.6. The molecule has 1 aliphatic rings. The molecular weight excluding hydrogens is 712 g/mol. The smallest absolute Gasteiger partial charge is 0.493 e. The van der Waals surface area contributed by atoms with E-state index in [0.29, 0.717) is 50.1 Å². The van der Waals surface area contributed by atoms with Crippen LogP contribution in [-0.4, -0.2) is 90.7 Å². The molecule has 1 aliphatic heterocycles. The lowest BCUT2D eigenvalue weighted by Crippen LogP contribution is -2.35. The fraction of sp³-hybridized carbons (Fsp3) is 0.361. The van der Waals surface area contributed by atoms with Gasteiger partial charge < -0.3 is 33.4 Å². The Morgan fingerprint density at radius 1 is 0.981 bits per heavy atom. The predicted octanol–water partition coefficient (Wildman–Crippen LogP) is 5.71. The Bertz CT molecular complexity index is 1730. The number of carbonyl (C=O) groups is 4. The van der Waals surface area contributed by atoms with E-state index in [9.17, 15) is 29.3 Å². The highest BCUT2D eigenvalue weighted by Gasteiger charge is 2.40. The number of amides is 2. The molecule has 1 atom stereocenters. The average molecular weight is 753 g/mol. The summed E-state index contributed by atoms with van der Waals surface area (Å²) in [6, 6.07) is 17.5. The van der Waals surface area contributed by atoms with Gasteiger partial charge in [0.25, 0.3) is 10.3 Å². The van der Waals surface area contributed by atoms with E-state index in [4.69, 9.17) is 23.7 Å². The summed E-state index contributed by atoms with van der Waals surface area (Å²) in [4.78, 5) is 71.6. The number of unbranched alkanes of at least 4 members (excludes halogenated alkanes) is 3. The zero-order valence-corrected chi connectivity index (χ0v) is 30.1. The first kappa shape index (κ1) is 39.9. The molecule has 4 rings (SSSR count). The van der Waals surface area contributed by atoms with Crippen LogP contribution in [0.5, 0.6) is 17.2 Å². The summed E-state index contributed by atoms with van der Waals surface area (Å²) in [7, 11) is 3.30. The lowest BCUT2D eigenvalue weighted by atomic mass is 10.1. The molecule has 0 bridgehead atoms. The summed E-state index contributed by atoms with van der Waals surface area (Å²) in [5.74, 6) is 0.645. The van der Waals surface area contributed by atoms with E-state index in [1.54, 1.807) is 24.4 Å². The number of likely N-dealkylation sites (N-methyl/N-ethyl adjacent to an activating group) is 1. The fourth-order valence-corrected chi connectivity index (χ4v) is 5.88. The van der Waals surface area contributed by atoms with Gasteiger partial charge in [0.05, 0.1) is 32.1 Å². The maximum absolute atomic E-state index is 13.0. The molecule has 282 valence electrons. The van der Waals surface area contributed by atoms with E-state index in [1.165, 1.54) is 31.4 Å². The van der Waals surface area contributed by atoms with Crippen LogP contribution >= 0.6 is 11.8 Å². The van der Waals surface area contributed by atoms with Gasteiger partial charge in [-0.05, 0) is 79.3 Å². The van der Waals surface area contributed by atoms with Gasteiger partial charge in [-0.15, -0.1) is 10.1 Å². The van der Waals surface area contributed by atoms with Crippen LogP contribution in [-0.2, 0) is 30.3 Å². The predicted molar refractivity (Wildman–Crippen MR) is 193 cm³/mol. The van der Waals surface area contributed by atoms with Crippen LogP contribution in [0, 0.1) is 10.1 Å². The maximum Gasteiger partial charge on any atom is 0.515 e. The topological polar surface area (TPSA) is 186 Å². The van der Waals surface area contributed by atoms with E-state index >= 15 is 0 Å². The lowest BCUT2D eigenvalue weighted by Gasteiger charge is -2.18. The Kier molecular flexibility index (Phi) is 15.7. The molecule has 53 heavy (non-hydrogen) atoms. The van der Waals surface area contributed by atoms with Crippen LogP contribution in [0.15, 0.2) is 72.9 Å². The minimum atomic E-state index is -1.16. The van der Waals surface area contributed by atoms with Crippen molar-refractivity contribution in [2.75, 3.05) is 52.2 Å². The van der Waals surface area contributed by atoms with E-state index in [2.05, 4.69) is 9.82 Å². The molecule has 1 unspecified atom stereocenters. The minimum absolute atomic E-state index is 0.0137. The number of hydrogen-bond donors (Lipinski definition) is 0. The highest BCUT2D eigenvalue weighted by atomic mass is 32.2. The van der Waals surface area contributed by atoms with E-state index in [0.717, 1.165) is 34.5 Å². The molecule has 0 aliphatic carbocycles. The van der Waals surface area contributed by atoms with E-state index in [-0.39, 0.29) is 24.7 Å². The number of aromatic nitrogens is 1. The number of methoxy groups -OCH3 is 1. The Hall–Kier alpha value is -5.84. The molecule has 2 heterocycles. The summed E-state index contributed by atoms with van der Waals surface area (Å²) in [5, 5.41) is 8.06. The van der Waals surface area contributed by atoms with E-state index in [1.807, 2.05) is 42.3 Å². The summed E-state index contributed by atoms with van der Waals surface area (Å²) in [6.45, 7) is 0.690. The monoisotopic (exact) mass is 752 g/mol. The van der Waals surface area contributed by atoms with Gasteiger partial charge in [-0.25, -0.2) is 19.5 Å². The summed E-state index contributed by atoms with van der Waals surface area (Å²) in [5.41, 5.74) is 1.38. The van der Waals surface area contributed by atoms with Gasteiger partial charge in [0.15, 0.2) is 18.2 Å². The van der Waals surface area contributed by atoms with Crippen LogP contribution < -0.4 is 19.1 Å². The van der Waals surface area contributed by atoms with Gasteiger partial charge in [-0.1, -0.05) is 42.4 Å². The Morgan fingerprint density at radius 2 is 1.75 bits per heavy atom. The van der Waals surface area contributed by atoms with Gasteiger partial charge in [0, 0.05) is 19.3 Å². The van der Waals surface area contributed by atoms with Crippen molar-refractivity contribution in [2.24, 2.45) is 0 Å². The third-order valence-corrected chi connectivity index (χ3v) is 8.74. The first-order valence-corrected chi connectivity index (χ1v) is 17.5. The molecule has 3 aromatic rings. The second-order valence-electron chi connectivity index (χ2n) is 11.5. The number of anilines is 1. The molecular formula is C36H40N4O12S. The molecule has 1 fully saturated rings. The molecule has 1 saturated heterocycles. The average Bonchev–Trinajstić information content (AvgIpc) is 3.42. The van der Waals surface area contributed by atoms with Crippen molar-refractivity contribution in [1.29, 1.82) is 0 Å². The molecule has 17 heteroatoms. The fourth-order valence-electron chi connectivity index (χ4n) is 4.87. The molecule has 2 aromatic carbocycles. The number of imide groups is 1. The highest BCUT2D eigenvalue weighted by Crippen LogP contribution is 2.31. The van der Waals surface area contributed by atoms with Crippen molar-refractivity contribution in [2.45, 2.75) is 37.4 Å². The second kappa shape index (κ2) is 20.9. The Labute approximate surface area is 310 Å².